The van der Waals surface area contributed by atoms with Crippen LogP contribution in [0.5, 0.6) is 0 Å². The number of benzene rings is 2. The smallest absolute Gasteiger partial charge is 0.338 e. The second-order valence-corrected chi connectivity index (χ2v) is 4.68. The van der Waals surface area contributed by atoms with Crippen molar-refractivity contribution in [2.24, 2.45) is 0 Å². The Kier molecular flexibility index (Phi) is 2.67. The van der Waals surface area contributed by atoms with Gasteiger partial charge in [0.15, 0.2) is 0 Å². The molecule has 1 aliphatic rings. The van der Waals surface area contributed by atoms with Gasteiger partial charge in [-0.2, -0.15) is 0 Å². The van der Waals surface area contributed by atoms with E-state index in [2.05, 4.69) is 4.90 Å². The van der Waals surface area contributed by atoms with Crippen LogP contribution in [0, 0.1) is 0 Å². The lowest BCUT2D eigenvalue weighted by Crippen LogP contribution is -2.20. The summed E-state index contributed by atoms with van der Waals surface area (Å²) in [5.41, 5.74) is 1.30. The van der Waals surface area contributed by atoms with E-state index in [1.807, 2.05) is 36.4 Å². The van der Waals surface area contributed by atoms with Crippen LogP contribution >= 0.6 is 0 Å². The molecule has 1 heterocycles. The first kappa shape index (κ1) is 11.1. The van der Waals surface area contributed by atoms with Crippen LogP contribution in [0.2, 0.25) is 0 Å². The van der Waals surface area contributed by atoms with Crippen molar-refractivity contribution in [3.05, 3.63) is 42.0 Å². The molecule has 1 N–H and O–H groups in total. The summed E-state index contributed by atoms with van der Waals surface area (Å²) in [6.45, 7) is 1.91. The quantitative estimate of drug-likeness (QED) is 0.878. The van der Waals surface area contributed by atoms with Gasteiger partial charge in [-0.25, -0.2) is 4.79 Å². The molecular weight excluding hydrogens is 226 g/mol. The summed E-state index contributed by atoms with van der Waals surface area (Å²) in [6, 6.07) is 11.6. The molecule has 3 heteroatoms. The van der Waals surface area contributed by atoms with Gasteiger partial charge in [0.2, 0.25) is 0 Å². The molecule has 0 radical (unpaired) electrons. The molecule has 1 fully saturated rings. The Bertz CT molecular complexity index is 600. The third kappa shape index (κ3) is 1.72. The number of fused-ring (bicyclic) bond motifs is 1. The van der Waals surface area contributed by atoms with Gasteiger partial charge in [0.1, 0.15) is 0 Å². The average molecular weight is 241 g/mol. The number of carboxylic acids is 1. The number of hydrogen-bond donors (Lipinski definition) is 1. The van der Waals surface area contributed by atoms with Crippen LogP contribution in [0.4, 0.5) is 5.69 Å². The summed E-state index contributed by atoms with van der Waals surface area (Å²) in [7, 11) is 0. The Hall–Kier alpha value is -2.03. The van der Waals surface area contributed by atoms with E-state index < -0.39 is 5.97 Å². The van der Waals surface area contributed by atoms with E-state index >= 15 is 0 Å². The molecule has 0 amide bonds. The van der Waals surface area contributed by atoms with Gasteiger partial charge in [-0.1, -0.05) is 30.3 Å². The molecule has 0 saturated carbocycles. The Morgan fingerprint density at radius 1 is 1.06 bits per heavy atom. The number of rotatable bonds is 2. The molecule has 3 rings (SSSR count). The van der Waals surface area contributed by atoms with Crippen LogP contribution in [0.1, 0.15) is 23.2 Å². The number of aromatic carboxylic acids is 1. The highest BCUT2D eigenvalue weighted by Gasteiger charge is 2.21. The number of carbonyl (C=O) groups is 1. The molecule has 92 valence electrons. The highest BCUT2D eigenvalue weighted by atomic mass is 16.4. The van der Waals surface area contributed by atoms with Gasteiger partial charge < -0.3 is 10.0 Å². The molecule has 0 unspecified atom stereocenters. The number of nitrogens with zero attached hydrogens (tertiary/aromatic N) is 1. The van der Waals surface area contributed by atoms with Gasteiger partial charge >= 0.3 is 5.97 Å². The van der Waals surface area contributed by atoms with Gasteiger partial charge in [-0.3, -0.25) is 0 Å². The van der Waals surface area contributed by atoms with E-state index in [-0.39, 0.29) is 0 Å². The van der Waals surface area contributed by atoms with Crippen LogP contribution in [0.15, 0.2) is 36.4 Å². The number of carboxylic acid groups (broad SMARTS) is 1. The zero-order valence-electron chi connectivity index (χ0n) is 10.1. The fourth-order valence-electron chi connectivity index (χ4n) is 2.71. The summed E-state index contributed by atoms with van der Waals surface area (Å²) in [5, 5.41) is 11.3. The fourth-order valence-corrected chi connectivity index (χ4v) is 2.71. The highest BCUT2D eigenvalue weighted by molar-refractivity contribution is 6.08. The fraction of sp³-hybridized carbons (Fsp3) is 0.267. The molecule has 18 heavy (non-hydrogen) atoms. The summed E-state index contributed by atoms with van der Waals surface area (Å²) in [4.78, 5) is 13.7. The van der Waals surface area contributed by atoms with Crippen molar-refractivity contribution in [2.45, 2.75) is 12.8 Å². The highest BCUT2D eigenvalue weighted by Crippen LogP contribution is 2.31. The van der Waals surface area contributed by atoms with Gasteiger partial charge in [0.25, 0.3) is 0 Å². The lowest BCUT2D eigenvalue weighted by molar-refractivity contribution is 0.0699. The molecule has 2 aromatic rings. The third-order valence-corrected chi connectivity index (χ3v) is 3.57. The van der Waals surface area contributed by atoms with Crippen molar-refractivity contribution in [3.8, 4) is 0 Å². The topological polar surface area (TPSA) is 40.5 Å². The van der Waals surface area contributed by atoms with Gasteiger partial charge in [0.05, 0.1) is 11.3 Å². The molecule has 1 saturated heterocycles. The summed E-state index contributed by atoms with van der Waals surface area (Å²) < 4.78 is 0. The first-order valence-corrected chi connectivity index (χ1v) is 6.27. The van der Waals surface area contributed by atoms with Crippen molar-refractivity contribution in [2.75, 3.05) is 18.0 Å². The van der Waals surface area contributed by atoms with Crippen molar-refractivity contribution < 1.29 is 9.90 Å². The van der Waals surface area contributed by atoms with Gasteiger partial charge in [-0.05, 0) is 29.7 Å². The van der Waals surface area contributed by atoms with Crippen LogP contribution < -0.4 is 4.90 Å². The summed E-state index contributed by atoms with van der Waals surface area (Å²) in [6.07, 6.45) is 2.29. The third-order valence-electron chi connectivity index (χ3n) is 3.57. The van der Waals surface area contributed by atoms with E-state index in [1.165, 1.54) is 0 Å². The number of hydrogen-bond acceptors (Lipinski definition) is 2. The molecular formula is C15H15NO2. The molecule has 0 bridgehead atoms. The summed E-state index contributed by atoms with van der Waals surface area (Å²) in [5.74, 6) is -0.839. The Labute approximate surface area is 106 Å². The molecule has 1 aliphatic heterocycles. The van der Waals surface area contributed by atoms with Crippen LogP contribution in [-0.2, 0) is 0 Å². The standard InChI is InChI=1S/C15H15NO2/c17-15(18)14-12-6-2-1-5-11(12)7-8-13(14)16-9-3-4-10-16/h1-2,5-8H,3-4,9-10H2,(H,17,18). The second kappa shape index (κ2) is 4.33. The van der Waals surface area contributed by atoms with E-state index in [4.69, 9.17) is 0 Å². The SMILES string of the molecule is O=C(O)c1c(N2CCCC2)ccc2ccccc12. The van der Waals surface area contributed by atoms with Gasteiger partial charge in [0, 0.05) is 13.1 Å². The maximum Gasteiger partial charge on any atom is 0.338 e. The van der Waals surface area contributed by atoms with Crippen LogP contribution in [-0.4, -0.2) is 24.2 Å². The normalized spacial score (nSPS) is 15.2. The first-order valence-electron chi connectivity index (χ1n) is 6.27. The summed E-state index contributed by atoms with van der Waals surface area (Å²) >= 11 is 0. The average Bonchev–Trinajstić information content (AvgIpc) is 2.90. The van der Waals surface area contributed by atoms with E-state index in [9.17, 15) is 9.90 Å². The Morgan fingerprint density at radius 2 is 1.78 bits per heavy atom. The maximum atomic E-state index is 11.6. The van der Waals surface area contributed by atoms with Crippen molar-refractivity contribution in [3.63, 3.8) is 0 Å². The zero-order chi connectivity index (χ0) is 12.5. The minimum atomic E-state index is -0.839. The van der Waals surface area contributed by atoms with E-state index in [0.29, 0.717) is 5.56 Å². The molecule has 0 aromatic heterocycles. The minimum Gasteiger partial charge on any atom is -0.478 e. The van der Waals surface area contributed by atoms with E-state index in [0.717, 1.165) is 42.4 Å². The van der Waals surface area contributed by atoms with Crippen molar-refractivity contribution in [1.29, 1.82) is 0 Å². The van der Waals surface area contributed by atoms with Gasteiger partial charge in [-0.15, -0.1) is 0 Å². The lowest BCUT2D eigenvalue weighted by Gasteiger charge is -2.21. The Balaban J connectivity index is 2.24. The first-order chi connectivity index (χ1) is 8.77. The van der Waals surface area contributed by atoms with E-state index in [1.54, 1.807) is 0 Å². The molecule has 0 spiro atoms. The van der Waals surface area contributed by atoms with Crippen molar-refractivity contribution >= 4 is 22.4 Å². The van der Waals surface area contributed by atoms with Crippen molar-refractivity contribution in [1.82, 2.24) is 0 Å². The largest absolute Gasteiger partial charge is 0.478 e. The predicted octanol–water partition coefficient (Wildman–Crippen LogP) is 3.14. The monoisotopic (exact) mass is 241 g/mol. The molecule has 0 atom stereocenters. The maximum absolute atomic E-state index is 11.6. The van der Waals surface area contributed by atoms with Crippen LogP contribution in [0.3, 0.4) is 0 Å². The molecule has 3 nitrogen and oxygen atoms in total. The lowest BCUT2D eigenvalue weighted by atomic mass is 10.0. The predicted molar refractivity (Wildman–Crippen MR) is 72.4 cm³/mol. The second-order valence-electron chi connectivity index (χ2n) is 4.68. The number of anilines is 1. The molecule has 0 aliphatic carbocycles. The minimum absolute atomic E-state index is 0.440. The Morgan fingerprint density at radius 3 is 2.50 bits per heavy atom. The molecule has 2 aromatic carbocycles. The van der Waals surface area contributed by atoms with Crippen LogP contribution in [0.25, 0.3) is 10.8 Å². The zero-order valence-corrected chi connectivity index (χ0v) is 10.1.